The van der Waals surface area contributed by atoms with Crippen LogP contribution < -0.4 is 10.1 Å². The van der Waals surface area contributed by atoms with Crippen molar-refractivity contribution in [3.63, 3.8) is 0 Å². The largest absolute Gasteiger partial charge is 0.496 e. The van der Waals surface area contributed by atoms with Gasteiger partial charge in [-0.25, -0.2) is 4.79 Å². The van der Waals surface area contributed by atoms with E-state index in [1.807, 2.05) is 12.1 Å². The van der Waals surface area contributed by atoms with E-state index in [9.17, 15) is 9.59 Å². The van der Waals surface area contributed by atoms with Crippen molar-refractivity contribution < 1.29 is 19.1 Å². The molecule has 0 spiro atoms. The van der Waals surface area contributed by atoms with E-state index in [4.69, 9.17) is 21.1 Å². The molecule has 1 amide bonds. The van der Waals surface area contributed by atoms with Gasteiger partial charge in [0.2, 0.25) is 5.91 Å². The van der Waals surface area contributed by atoms with Gasteiger partial charge in [-0.2, -0.15) is 0 Å². The molecule has 0 unspecified atom stereocenters. The van der Waals surface area contributed by atoms with Gasteiger partial charge in [-0.3, -0.25) is 4.79 Å². The molecule has 25 heavy (non-hydrogen) atoms. The van der Waals surface area contributed by atoms with Gasteiger partial charge in [0.25, 0.3) is 0 Å². The third-order valence-corrected chi connectivity index (χ3v) is 3.96. The Kier molecular flexibility index (Phi) is 6.83. The number of halogens is 1. The Balaban J connectivity index is 1.90. The summed E-state index contributed by atoms with van der Waals surface area (Å²) in [6.45, 7) is 0.327. The van der Waals surface area contributed by atoms with E-state index < -0.39 is 5.97 Å². The maximum absolute atomic E-state index is 12.0. The Hall–Kier alpha value is -2.53. The molecule has 0 fully saturated rings. The van der Waals surface area contributed by atoms with Crippen molar-refractivity contribution in [3.8, 4) is 5.75 Å². The highest BCUT2D eigenvalue weighted by atomic mass is 35.5. The van der Waals surface area contributed by atoms with Crippen molar-refractivity contribution in [1.82, 2.24) is 5.32 Å². The molecule has 0 atom stereocenters. The number of benzene rings is 2. The number of carbonyl (C=O) groups is 2. The molecule has 2 aromatic carbocycles. The minimum Gasteiger partial charge on any atom is -0.496 e. The first-order valence-corrected chi connectivity index (χ1v) is 8.17. The molecule has 0 radical (unpaired) electrons. The van der Waals surface area contributed by atoms with Gasteiger partial charge < -0.3 is 14.8 Å². The Morgan fingerprint density at radius 2 is 1.72 bits per heavy atom. The molecule has 0 saturated carbocycles. The Morgan fingerprint density at radius 1 is 1.04 bits per heavy atom. The molecule has 2 rings (SSSR count). The zero-order chi connectivity index (χ0) is 18.2. The fraction of sp³-hybridized carbons (Fsp3) is 0.263. The van der Waals surface area contributed by atoms with E-state index >= 15 is 0 Å². The van der Waals surface area contributed by atoms with Crippen LogP contribution in [0.3, 0.4) is 0 Å². The highest BCUT2D eigenvalue weighted by molar-refractivity contribution is 6.30. The number of rotatable bonds is 7. The first-order valence-electron chi connectivity index (χ1n) is 7.80. The second kappa shape index (κ2) is 9.08. The van der Waals surface area contributed by atoms with Crippen molar-refractivity contribution in [2.75, 3.05) is 14.2 Å². The number of methoxy groups -OCH3 is 2. The predicted molar refractivity (Wildman–Crippen MR) is 96.0 cm³/mol. The van der Waals surface area contributed by atoms with Crippen LogP contribution in [0.15, 0.2) is 42.5 Å². The van der Waals surface area contributed by atoms with E-state index in [0.717, 1.165) is 11.1 Å². The maximum atomic E-state index is 12.0. The Morgan fingerprint density at radius 3 is 2.36 bits per heavy atom. The van der Waals surface area contributed by atoms with Gasteiger partial charge in [0.1, 0.15) is 11.3 Å². The standard InChI is InChI=1S/C19H20ClNO4/c1-24-17-9-5-14(11-16(17)19(23)25-2)12-21-18(22)10-6-13-3-7-15(20)8-4-13/h3-5,7-9,11H,6,10,12H2,1-2H3,(H,21,22). The smallest absolute Gasteiger partial charge is 0.341 e. The van der Waals surface area contributed by atoms with Crippen molar-refractivity contribution in [2.24, 2.45) is 0 Å². The summed E-state index contributed by atoms with van der Waals surface area (Å²) < 4.78 is 9.89. The molecule has 0 aliphatic rings. The molecule has 0 aliphatic heterocycles. The van der Waals surface area contributed by atoms with Gasteiger partial charge >= 0.3 is 5.97 Å². The highest BCUT2D eigenvalue weighted by Gasteiger charge is 2.13. The molecular weight excluding hydrogens is 342 g/mol. The molecule has 1 N–H and O–H groups in total. The third-order valence-electron chi connectivity index (χ3n) is 3.71. The first kappa shape index (κ1) is 18.8. The molecule has 0 saturated heterocycles. The minimum atomic E-state index is -0.479. The lowest BCUT2D eigenvalue weighted by molar-refractivity contribution is -0.121. The van der Waals surface area contributed by atoms with Crippen LogP contribution in [0.2, 0.25) is 5.02 Å². The second-order valence-electron chi connectivity index (χ2n) is 5.43. The summed E-state index contributed by atoms with van der Waals surface area (Å²) in [4.78, 5) is 23.8. The highest BCUT2D eigenvalue weighted by Crippen LogP contribution is 2.20. The zero-order valence-corrected chi connectivity index (χ0v) is 14.9. The van der Waals surface area contributed by atoms with Crippen LogP contribution >= 0.6 is 11.6 Å². The summed E-state index contributed by atoms with van der Waals surface area (Å²) in [5, 5.41) is 3.52. The number of aryl methyl sites for hydroxylation is 1. The number of esters is 1. The first-order chi connectivity index (χ1) is 12.0. The topological polar surface area (TPSA) is 64.6 Å². The molecule has 6 heteroatoms. The van der Waals surface area contributed by atoms with Crippen LogP contribution in [-0.2, 0) is 22.5 Å². The molecule has 132 valence electrons. The van der Waals surface area contributed by atoms with Gasteiger partial charge in [-0.15, -0.1) is 0 Å². The lowest BCUT2D eigenvalue weighted by Crippen LogP contribution is -2.23. The van der Waals surface area contributed by atoms with Crippen molar-refractivity contribution in [1.29, 1.82) is 0 Å². The Labute approximate surface area is 151 Å². The number of carbonyl (C=O) groups excluding carboxylic acids is 2. The monoisotopic (exact) mass is 361 g/mol. The maximum Gasteiger partial charge on any atom is 0.341 e. The number of nitrogens with one attached hydrogen (secondary N) is 1. The van der Waals surface area contributed by atoms with Crippen molar-refractivity contribution in [2.45, 2.75) is 19.4 Å². The molecule has 0 aromatic heterocycles. The fourth-order valence-electron chi connectivity index (χ4n) is 2.33. The summed E-state index contributed by atoms with van der Waals surface area (Å²) in [6.07, 6.45) is 1.01. The molecule has 0 bridgehead atoms. The lowest BCUT2D eigenvalue weighted by atomic mass is 10.1. The zero-order valence-electron chi connectivity index (χ0n) is 14.2. The second-order valence-corrected chi connectivity index (χ2v) is 5.87. The van der Waals surface area contributed by atoms with Gasteiger partial charge in [0, 0.05) is 18.0 Å². The lowest BCUT2D eigenvalue weighted by Gasteiger charge is -2.10. The minimum absolute atomic E-state index is 0.0645. The van der Waals surface area contributed by atoms with Gasteiger partial charge in [0.05, 0.1) is 14.2 Å². The van der Waals surface area contributed by atoms with E-state index in [1.54, 1.807) is 30.3 Å². The molecule has 5 nitrogen and oxygen atoms in total. The fourth-order valence-corrected chi connectivity index (χ4v) is 2.46. The summed E-state index contributed by atoms with van der Waals surface area (Å²) in [5.41, 5.74) is 2.18. The van der Waals surface area contributed by atoms with Crippen LogP contribution in [0.5, 0.6) is 5.75 Å². The average molecular weight is 362 g/mol. The predicted octanol–water partition coefficient (Wildman–Crippen LogP) is 3.38. The number of hydrogen-bond acceptors (Lipinski definition) is 4. The van der Waals surface area contributed by atoms with Crippen molar-refractivity contribution in [3.05, 3.63) is 64.2 Å². The van der Waals surface area contributed by atoms with Gasteiger partial charge in [0.15, 0.2) is 0 Å². The number of amides is 1. The Bertz CT molecular complexity index is 744. The molecule has 0 heterocycles. The van der Waals surface area contributed by atoms with Crippen LogP contribution in [-0.4, -0.2) is 26.1 Å². The van der Waals surface area contributed by atoms with E-state index in [1.165, 1.54) is 14.2 Å². The van der Waals surface area contributed by atoms with Crippen LogP contribution in [0.4, 0.5) is 0 Å². The van der Waals surface area contributed by atoms with Crippen LogP contribution in [0, 0.1) is 0 Å². The third kappa shape index (κ3) is 5.50. The molecule has 0 aliphatic carbocycles. The number of ether oxygens (including phenoxy) is 2. The quantitative estimate of drug-likeness (QED) is 0.768. The van der Waals surface area contributed by atoms with E-state index in [2.05, 4.69) is 5.32 Å². The van der Waals surface area contributed by atoms with Crippen LogP contribution in [0.1, 0.15) is 27.9 Å². The van der Waals surface area contributed by atoms with Gasteiger partial charge in [-0.1, -0.05) is 29.8 Å². The van der Waals surface area contributed by atoms with Gasteiger partial charge in [-0.05, 0) is 41.8 Å². The summed E-state index contributed by atoms with van der Waals surface area (Å²) >= 11 is 5.84. The summed E-state index contributed by atoms with van der Waals surface area (Å²) in [6, 6.07) is 12.6. The molecule has 2 aromatic rings. The SMILES string of the molecule is COC(=O)c1cc(CNC(=O)CCc2ccc(Cl)cc2)ccc1OC. The summed E-state index contributed by atoms with van der Waals surface area (Å²) in [7, 11) is 2.80. The summed E-state index contributed by atoms with van der Waals surface area (Å²) in [5.74, 6) is -0.109. The van der Waals surface area contributed by atoms with E-state index in [-0.39, 0.29) is 5.91 Å². The van der Waals surface area contributed by atoms with Crippen LogP contribution in [0.25, 0.3) is 0 Å². The van der Waals surface area contributed by atoms with Crippen molar-refractivity contribution >= 4 is 23.5 Å². The average Bonchev–Trinajstić information content (AvgIpc) is 2.65. The van der Waals surface area contributed by atoms with E-state index in [0.29, 0.717) is 35.7 Å². The number of hydrogen-bond donors (Lipinski definition) is 1. The molecular formula is C19H20ClNO4. The normalized spacial score (nSPS) is 10.2.